The predicted molar refractivity (Wildman–Crippen MR) is 76.1 cm³/mol. The Kier molecular flexibility index (Phi) is 5.02. The summed E-state index contributed by atoms with van der Waals surface area (Å²) in [5, 5.41) is 0. The Hall–Kier alpha value is -0.330. The molecule has 0 spiro atoms. The molecule has 1 heteroatoms. The van der Waals surface area contributed by atoms with E-state index in [0.29, 0.717) is 11.2 Å². The van der Waals surface area contributed by atoms with Gasteiger partial charge in [-0.1, -0.05) is 62.3 Å². The van der Waals surface area contributed by atoms with Crippen molar-refractivity contribution >= 4 is 5.78 Å². The molecule has 0 bridgehead atoms. The summed E-state index contributed by atoms with van der Waals surface area (Å²) in [6, 6.07) is 0. The maximum absolute atomic E-state index is 12.5. The van der Waals surface area contributed by atoms with Crippen LogP contribution >= 0.6 is 0 Å². The highest BCUT2D eigenvalue weighted by molar-refractivity contribution is 5.86. The van der Waals surface area contributed by atoms with Gasteiger partial charge in [0, 0.05) is 11.3 Å². The molecule has 0 N–H and O–H groups in total. The molecule has 1 atom stereocenters. The summed E-state index contributed by atoms with van der Waals surface area (Å²) >= 11 is 0. The van der Waals surface area contributed by atoms with Crippen molar-refractivity contribution in [2.45, 2.75) is 75.2 Å². The number of ketones is 1. The standard InChI is InChI=1S/C16H32O/c1-14(2,3)11-10-12(15(4,5)6)13(17)16(7,8)9/h12H,10-11H2,1-9H3. The maximum Gasteiger partial charge on any atom is 0.141 e. The number of Topliss-reactive ketones (excluding diaryl/α,β-unsaturated/α-hetero) is 1. The van der Waals surface area contributed by atoms with Crippen molar-refractivity contribution in [3.63, 3.8) is 0 Å². The number of hydrogen-bond acceptors (Lipinski definition) is 1. The molecule has 0 aliphatic carbocycles. The van der Waals surface area contributed by atoms with Crippen LogP contribution in [0, 0.1) is 22.2 Å². The minimum Gasteiger partial charge on any atom is -0.299 e. The van der Waals surface area contributed by atoms with Crippen molar-refractivity contribution in [3.8, 4) is 0 Å². The quantitative estimate of drug-likeness (QED) is 0.671. The van der Waals surface area contributed by atoms with E-state index in [9.17, 15) is 4.79 Å². The van der Waals surface area contributed by atoms with E-state index in [1.54, 1.807) is 0 Å². The van der Waals surface area contributed by atoms with E-state index >= 15 is 0 Å². The minimum atomic E-state index is -0.226. The van der Waals surface area contributed by atoms with Gasteiger partial charge in [0.2, 0.25) is 0 Å². The van der Waals surface area contributed by atoms with Crippen LogP contribution in [0.5, 0.6) is 0 Å². The Morgan fingerprint density at radius 1 is 0.882 bits per heavy atom. The summed E-state index contributed by atoms with van der Waals surface area (Å²) in [5.74, 6) is 0.580. The van der Waals surface area contributed by atoms with Crippen LogP contribution in [-0.4, -0.2) is 5.78 Å². The van der Waals surface area contributed by atoms with Gasteiger partial charge in [0.25, 0.3) is 0 Å². The zero-order chi connectivity index (χ0) is 14.1. The first-order chi connectivity index (χ1) is 7.25. The Morgan fingerprint density at radius 2 is 1.29 bits per heavy atom. The van der Waals surface area contributed by atoms with E-state index in [-0.39, 0.29) is 16.7 Å². The van der Waals surface area contributed by atoms with Gasteiger partial charge in [-0.2, -0.15) is 0 Å². The maximum atomic E-state index is 12.5. The third-order valence-corrected chi connectivity index (χ3v) is 3.28. The molecule has 0 aromatic rings. The van der Waals surface area contributed by atoms with Crippen LogP contribution < -0.4 is 0 Å². The van der Waals surface area contributed by atoms with Gasteiger partial charge < -0.3 is 0 Å². The lowest BCUT2D eigenvalue weighted by Gasteiger charge is -2.35. The van der Waals surface area contributed by atoms with Gasteiger partial charge in [0.05, 0.1) is 0 Å². The van der Waals surface area contributed by atoms with Crippen molar-refractivity contribution in [3.05, 3.63) is 0 Å². The highest BCUT2D eigenvalue weighted by Gasteiger charge is 2.37. The van der Waals surface area contributed by atoms with Crippen LogP contribution in [-0.2, 0) is 4.79 Å². The molecule has 0 aromatic heterocycles. The second-order valence-corrected chi connectivity index (χ2v) is 8.63. The molecular formula is C16H32O. The normalized spacial score (nSPS) is 15.8. The van der Waals surface area contributed by atoms with E-state index < -0.39 is 0 Å². The fourth-order valence-electron chi connectivity index (χ4n) is 2.06. The van der Waals surface area contributed by atoms with Crippen LogP contribution in [0.25, 0.3) is 0 Å². The third kappa shape index (κ3) is 6.24. The molecule has 0 heterocycles. The van der Waals surface area contributed by atoms with Crippen LogP contribution in [0.15, 0.2) is 0 Å². The molecule has 17 heavy (non-hydrogen) atoms. The molecule has 0 fully saturated rings. The Balaban J connectivity index is 4.87. The molecule has 0 aliphatic heterocycles. The van der Waals surface area contributed by atoms with Crippen LogP contribution in [0.2, 0.25) is 0 Å². The van der Waals surface area contributed by atoms with E-state index in [1.165, 1.54) is 0 Å². The van der Waals surface area contributed by atoms with E-state index in [4.69, 9.17) is 0 Å². The second kappa shape index (κ2) is 5.12. The smallest absolute Gasteiger partial charge is 0.141 e. The lowest BCUT2D eigenvalue weighted by molar-refractivity contribution is -0.134. The largest absolute Gasteiger partial charge is 0.299 e. The van der Waals surface area contributed by atoms with E-state index in [0.717, 1.165) is 12.8 Å². The van der Waals surface area contributed by atoms with Gasteiger partial charge in [0.15, 0.2) is 0 Å². The highest BCUT2D eigenvalue weighted by atomic mass is 16.1. The summed E-state index contributed by atoms with van der Waals surface area (Å²) in [6.45, 7) is 19.4. The fraction of sp³-hybridized carbons (Fsp3) is 0.938. The number of carbonyl (C=O) groups excluding carboxylic acids is 1. The summed E-state index contributed by atoms with van der Waals surface area (Å²) in [5.41, 5.74) is 0.146. The van der Waals surface area contributed by atoms with Gasteiger partial charge in [0.1, 0.15) is 5.78 Å². The first-order valence-electron chi connectivity index (χ1n) is 6.79. The highest BCUT2D eigenvalue weighted by Crippen LogP contribution is 2.38. The predicted octanol–water partition coefficient (Wildman–Crippen LogP) is 5.09. The second-order valence-electron chi connectivity index (χ2n) is 8.63. The molecule has 0 aromatic carbocycles. The first kappa shape index (κ1) is 16.7. The van der Waals surface area contributed by atoms with Gasteiger partial charge in [-0.15, -0.1) is 0 Å². The lowest BCUT2D eigenvalue weighted by atomic mass is 9.68. The van der Waals surface area contributed by atoms with Crippen molar-refractivity contribution in [2.75, 3.05) is 0 Å². The van der Waals surface area contributed by atoms with E-state index in [1.807, 2.05) is 20.8 Å². The van der Waals surface area contributed by atoms with Crippen LogP contribution in [0.3, 0.4) is 0 Å². The summed E-state index contributed by atoms with van der Waals surface area (Å²) in [6.07, 6.45) is 2.11. The SMILES string of the molecule is CC(C)(C)CCC(C(=O)C(C)(C)C)C(C)(C)C. The van der Waals surface area contributed by atoms with Gasteiger partial charge in [-0.3, -0.25) is 4.79 Å². The molecule has 102 valence electrons. The van der Waals surface area contributed by atoms with Crippen molar-refractivity contribution in [1.82, 2.24) is 0 Å². The molecule has 0 amide bonds. The molecule has 0 rings (SSSR count). The number of rotatable bonds is 3. The zero-order valence-corrected chi connectivity index (χ0v) is 13.4. The Labute approximate surface area is 108 Å². The molecule has 0 radical (unpaired) electrons. The third-order valence-electron chi connectivity index (χ3n) is 3.28. The van der Waals surface area contributed by atoms with E-state index in [2.05, 4.69) is 41.5 Å². The molecular weight excluding hydrogens is 208 g/mol. The molecule has 1 nitrogen and oxygen atoms in total. The summed E-state index contributed by atoms with van der Waals surface area (Å²) < 4.78 is 0. The minimum absolute atomic E-state index is 0.0651. The van der Waals surface area contributed by atoms with Crippen LogP contribution in [0.4, 0.5) is 0 Å². The molecule has 0 saturated heterocycles. The number of hydrogen-bond donors (Lipinski definition) is 0. The topological polar surface area (TPSA) is 17.1 Å². The number of carbonyl (C=O) groups is 1. The molecule has 0 saturated carbocycles. The lowest BCUT2D eigenvalue weighted by Crippen LogP contribution is -2.37. The molecule has 0 aliphatic rings. The average molecular weight is 240 g/mol. The first-order valence-corrected chi connectivity index (χ1v) is 6.79. The molecule has 1 unspecified atom stereocenters. The van der Waals surface area contributed by atoms with Crippen molar-refractivity contribution in [1.29, 1.82) is 0 Å². The summed E-state index contributed by atoms with van der Waals surface area (Å²) in [7, 11) is 0. The zero-order valence-electron chi connectivity index (χ0n) is 13.4. The van der Waals surface area contributed by atoms with Crippen LogP contribution in [0.1, 0.15) is 75.2 Å². The van der Waals surface area contributed by atoms with Crippen molar-refractivity contribution < 1.29 is 4.79 Å². The monoisotopic (exact) mass is 240 g/mol. The summed E-state index contributed by atoms with van der Waals surface area (Å²) in [4.78, 5) is 12.5. The Bertz CT molecular complexity index is 255. The Morgan fingerprint density at radius 3 is 1.53 bits per heavy atom. The average Bonchev–Trinajstić information content (AvgIpc) is 1.97. The van der Waals surface area contributed by atoms with Gasteiger partial charge in [-0.05, 0) is 23.7 Å². The van der Waals surface area contributed by atoms with Gasteiger partial charge >= 0.3 is 0 Å². The van der Waals surface area contributed by atoms with Crippen molar-refractivity contribution in [2.24, 2.45) is 22.2 Å². The fourth-order valence-corrected chi connectivity index (χ4v) is 2.06. The van der Waals surface area contributed by atoms with Gasteiger partial charge in [-0.25, -0.2) is 0 Å².